The molecule has 196 valence electrons. The minimum absolute atomic E-state index is 0.0935. The minimum atomic E-state index is -4.49. The molecule has 2 aliphatic rings. The Morgan fingerprint density at radius 2 is 1.84 bits per heavy atom. The number of amides is 1. The van der Waals surface area contributed by atoms with Gasteiger partial charge in [0.2, 0.25) is 0 Å². The Kier molecular flexibility index (Phi) is 6.72. The van der Waals surface area contributed by atoms with E-state index in [-0.39, 0.29) is 24.2 Å². The van der Waals surface area contributed by atoms with Crippen LogP contribution in [0, 0.1) is 0 Å². The summed E-state index contributed by atoms with van der Waals surface area (Å²) in [5.41, 5.74) is 2.14. The molecule has 37 heavy (non-hydrogen) atoms. The smallest absolute Gasteiger partial charge is 0.410 e. The maximum atomic E-state index is 14.1. The molecule has 5 rings (SSSR count). The zero-order valence-corrected chi connectivity index (χ0v) is 20.4. The number of benzene rings is 2. The summed E-state index contributed by atoms with van der Waals surface area (Å²) in [5.74, 6) is 1.03. The van der Waals surface area contributed by atoms with Crippen molar-refractivity contribution in [3.05, 3.63) is 59.7 Å². The Balaban J connectivity index is 1.40. The fourth-order valence-corrected chi connectivity index (χ4v) is 4.84. The summed E-state index contributed by atoms with van der Waals surface area (Å²) in [6, 6.07) is 11.1. The van der Waals surface area contributed by atoms with Crippen LogP contribution in [0.5, 0.6) is 11.5 Å². The molecular formula is C26H28F3N5O3. The monoisotopic (exact) mass is 515 g/mol. The van der Waals surface area contributed by atoms with E-state index in [4.69, 9.17) is 9.47 Å². The van der Waals surface area contributed by atoms with Crippen molar-refractivity contribution in [3.63, 3.8) is 0 Å². The van der Waals surface area contributed by atoms with Crippen LogP contribution in [-0.2, 0) is 0 Å². The first-order chi connectivity index (χ1) is 17.8. The van der Waals surface area contributed by atoms with Gasteiger partial charge in [0.25, 0.3) is 5.91 Å². The maximum Gasteiger partial charge on any atom is 0.410 e. The number of methoxy groups -OCH3 is 2. The number of hydrogen-bond acceptors (Lipinski definition) is 6. The van der Waals surface area contributed by atoms with Gasteiger partial charge in [-0.1, -0.05) is 18.2 Å². The minimum Gasteiger partial charge on any atom is -0.493 e. The summed E-state index contributed by atoms with van der Waals surface area (Å²) in [4.78, 5) is 12.5. The molecule has 2 aliphatic heterocycles. The quantitative estimate of drug-likeness (QED) is 0.453. The third-order valence-electron chi connectivity index (χ3n) is 6.84. The third kappa shape index (κ3) is 5.08. The highest BCUT2D eigenvalue weighted by Crippen LogP contribution is 2.45. The van der Waals surface area contributed by atoms with E-state index in [0.717, 1.165) is 24.2 Å². The third-order valence-corrected chi connectivity index (χ3v) is 6.84. The molecular weight excluding hydrogens is 487 g/mol. The van der Waals surface area contributed by atoms with Crippen molar-refractivity contribution in [3.8, 4) is 22.8 Å². The normalized spacial score (nSPS) is 21.2. The second-order valence-electron chi connectivity index (χ2n) is 9.20. The van der Waals surface area contributed by atoms with Gasteiger partial charge < -0.3 is 25.4 Å². The standard InChI is InChI=1S/C26H28F3N5O3/c1-36-21-8-7-17(11-22(21)37-2)19-12-23(26(27,28)29)34-24(32-19)13-20(33-34)15-3-5-16(6-4-15)25(35)31-18-9-10-30-14-18/h3-8,11,13,18-19,23,30,32H,9-10,12,14H2,1-2H3,(H,31,35)/t18?,19-,23+/m0/s1. The average Bonchev–Trinajstić information content (AvgIpc) is 3.57. The van der Waals surface area contributed by atoms with Gasteiger partial charge in [-0.2, -0.15) is 18.3 Å². The van der Waals surface area contributed by atoms with Gasteiger partial charge in [-0.05, 0) is 42.8 Å². The summed E-state index contributed by atoms with van der Waals surface area (Å²) < 4.78 is 53.9. The van der Waals surface area contributed by atoms with Gasteiger partial charge in [-0.3, -0.25) is 4.79 Å². The zero-order chi connectivity index (χ0) is 26.2. The molecule has 3 atom stereocenters. The highest BCUT2D eigenvalue weighted by molar-refractivity contribution is 5.94. The van der Waals surface area contributed by atoms with E-state index in [2.05, 4.69) is 21.0 Å². The summed E-state index contributed by atoms with van der Waals surface area (Å²) >= 11 is 0. The van der Waals surface area contributed by atoms with Crippen LogP contribution in [0.25, 0.3) is 11.3 Å². The summed E-state index contributed by atoms with van der Waals surface area (Å²) in [6.07, 6.45) is -3.85. The molecule has 1 amide bonds. The number of carbonyl (C=O) groups is 1. The Bertz CT molecular complexity index is 1270. The van der Waals surface area contributed by atoms with Gasteiger partial charge in [0.15, 0.2) is 17.5 Å². The van der Waals surface area contributed by atoms with E-state index in [9.17, 15) is 18.0 Å². The molecule has 3 heterocycles. The van der Waals surface area contributed by atoms with Crippen molar-refractivity contribution in [1.29, 1.82) is 0 Å². The van der Waals surface area contributed by atoms with Crippen molar-refractivity contribution in [1.82, 2.24) is 20.4 Å². The summed E-state index contributed by atoms with van der Waals surface area (Å²) in [5, 5.41) is 13.7. The first-order valence-corrected chi connectivity index (χ1v) is 12.0. The molecule has 3 aromatic rings. The molecule has 0 aliphatic carbocycles. The van der Waals surface area contributed by atoms with Crippen LogP contribution in [0.1, 0.15) is 40.8 Å². The van der Waals surface area contributed by atoms with E-state index < -0.39 is 18.3 Å². The number of rotatable bonds is 6. The number of hydrogen-bond donors (Lipinski definition) is 3. The first-order valence-electron chi connectivity index (χ1n) is 12.0. The van der Waals surface area contributed by atoms with Gasteiger partial charge in [0.05, 0.1) is 26.0 Å². The fraction of sp³-hybridized carbons (Fsp3) is 0.385. The van der Waals surface area contributed by atoms with Crippen molar-refractivity contribution >= 4 is 11.7 Å². The highest BCUT2D eigenvalue weighted by atomic mass is 19.4. The average molecular weight is 516 g/mol. The molecule has 0 spiro atoms. The van der Waals surface area contributed by atoms with Crippen LogP contribution < -0.4 is 25.4 Å². The number of alkyl halides is 3. The molecule has 3 N–H and O–H groups in total. The second-order valence-corrected chi connectivity index (χ2v) is 9.20. The molecule has 0 bridgehead atoms. The second kappa shape index (κ2) is 9.97. The molecule has 8 nitrogen and oxygen atoms in total. The van der Waals surface area contributed by atoms with Crippen molar-refractivity contribution in [2.45, 2.75) is 37.1 Å². The van der Waals surface area contributed by atoms with E-state index in [1.165, 1.54) is 14.2 Å². The number of halogens is 3. The van der Waals surface area contributed by atoms with Crippen LogP contribution in [-0.4, -0.2) is 55.2 Å². The predicted octanol–water partition coefficient (Wildman–Crippen LogP) is 4.32. The summed E-state index contributed by atoms with van der Waals surface area (Å²) in [7, 11) is 2.98. The lowest BCUT2D eigenvalue weighted by Crippen LogP contribution is -2.36. The maximum absolute atomic E-state index is 14.1. The van der Waals surface area contributed by atoms with Gasteiger partial charge in [0, 0.05) is 36.2 Å². The van der Waals surface area contributed by atoms with Gasteiger partial charge in [-0.25, -0.2) is 4.68 Å². The number of aromatic nitrogens is 2. The zero-order valence-electron chi connectivity index (χ0n) is 20.4. The van der Waals surface area contributed by atoms with Crippen LogP contribution in [0.3, 0.4) is 0 Å². The number of ether oxygens (including phenoxy) is 2. The number of nitrogens with one attached hydrogen (secondary N) is 3. The van der Waals surface area contributed by atoms with Crippen LogP contribution in [0.15, 0.2) is 48.5 Å². The van der Waals surface area contributed by atoms with E-state index >= 15 is 0 Å². The van der Waals surface area contributed by atoms with Crippen LogP contribution in [0.2, 0.25) is 0 Å². The number of nitrogens with zero attached hydrogens (tertiary/aromatic N) is 2. The van der Waals surface area contributed by atoms with E-state index in [1.54, 1.807) is 48.5 Å². The Morgan fingerprint density at radius 1 is 1.08 bits per heavy atom. The Morgan fingerprint density at radius 3 is 2.49 bits per heavy atom. The van der Waals surface area contributed by atoms with Gasteiger partial charge in [0.1, 0.15) is 5.82 Å². The fourth-order valence-electron chi connectivity index (χ4n) is 4.84. The van der Waals surface area contributed by atoms with Crippen LogP contribution >= 0.6 is 0 Å². The number of anilines is 1. The van der Waals surface area contributed by atoms with Crippen molar-refractivity contribution < 1.29 is 27.4 Å². The molecule has 0 radical (unpaired) electrons. The molecule has 2 aromatic carbocycles. The SMILES string of the molecule is COc1ccc([C@@H]2C[C@H](C(F)(F)F)n3nc(-c4ccc(C(=O)NC5CCNC5)cc4)cc3N2)cc1OC. The Hall–Kier alpha value is -3.73. The predicted molar refractivity (Wildman–Crippen MR) is 132 cm³/mol. The summed E-state index contributed by atoms with van der Waals surface area (Å²) in [6.45, 7) is 1.61. The van der Waals surface area contributed by atoms with Crippen molar-refractivity contribution in [2.75, 3.05) is 32.6 Å². The van der Waals surface area contributed by atoms with Crippen LogP contribution in [0.4, 0.5) is 19.0 Å². The molecule has 1 saturated heterocycles. The van der Waals surface area contributed by atoms with Gasteiger partial charge >= 0.3 is 6.18 Å². The lowest BCUT2D eigenvalue weighted by atomic mass is 9.96. The Labute approximate surface area is 212 Å². The molecule has 11 heteroatoms. The van der Waals surface area contributed by atoms with E-state index in [1.807, 2.05) is 0 Å². The highest BCUT2D eigenvalue weighted by Gasteiger charge is 2.46. The molecule has 1 fully saturated rings. The molecule has 0 saturated carbocycles. The van der Waals surface area contributed by atoms with E-state index in [0.29, 0.717) is 33.9 Å². The largest absolute Gasteiger partial charge is 0.493 e. The topological polar surface area (TPSA) is 89.4 Å². The lowest BCUT2D eigenvalue weighted by Gasteiger charge is -2.33. The first kappa shape index (κ1) is 24.9. The van der Waals surface area contributed by atoms with Gasteiger partial charge in [-0.15, -0.1) is 0 Å². The number of fused-ring (bicyclic) bond motifs is 1. The molecule has 1 unspecified atom stereocenters. The molecule has 1 aromatic heterocycles. The van der Waals surface area contributed by atoms with Crippen molar-refractivity contribution in [2.24, 2.45) is 0 Å². The lowest BCUT2D eigenvalue weighted by molar-refractivity contribution is -0.173. The number of carbonyl (C=O) groups excluding carboxylic acids is 1.